The number of nitrogens with one attached hydrogen (secondary N) is 1. The number of ether oxygens (including phenoxy) is 1. The number of rotatable bonds is 7. The van der Waals surface area contributed by atoms with Crippen molar-refractivity contribution in [3.05, 3.63) is 48.8 Å². The Kier molecular flexibility index (Phi) is 5.29. The lowest BCUT2D eigenvalue weighted by atomic mass is 10.3. The second-order valence-corrected chi connectivity index (χ2v) is 7.94. The fraction of sp³-hybridized carbons (Fsp3) is 0.300. The van der Waals surface area contributed by atoms with Crippen LogP contribution in [-0.2, 0) is 4.79 Å². The molecule has 2 aromatic heterocycles. The molecular formula is C20H21N5O2S. The molecule has 7 nitrogen and oxygen atoms in total. The Morgan fingerprint density at radius 1 is 1.29 bits per heavy atom. The van der Waals surface area contributed by atoms with Gasteiger partial charge in [-0.15, -0.1) is 10.2 Å². The molecule has 0 unspecified atom stereocenters. The number of pyridine rings is 1. The van der Waals surface area contributed by atoms with Crippen molar-refractivity contribution >= 4 is 23.4 Å². The summed E-state index contributed by atoms with van der Waals surface area (Å²) in [4.78, 5) is 16.8. The van der Waals surface area contributed by atoms with E-state index in [9.17, 15) is 4.79 Å². The number of methoxy groups -OCH3 is 1. The van der Waals surface area contributed by atoms with Gasteiger partial charge in [-0.25, -0.2) is 0 Å². The molecule has 0 spiro atoms. The topological polar surface area (TPSA) is 81.9 Å². The number of benzene rings is 1. The van der Waals surface area contributed by atoms with Crippen LogP contribution in [0.3, 0.4) is 0 Å². The van der Waals surface area contributed by atoms with Crippen LogP contribution in [0.15, 0.2) is 53.9 Å². The summed E-state index contributed by atoms with van der Waals surface area (Å²) < 4.78 is 7.34. The molecule has 4 rings (SSSR count). The van der Waals surface area contributed by atoms with Crippen molar-refractivity contribution in [2.75, 3.05) is 12.4 Å². The highest BCUT2D eigenvalue weighted by molar-refractivity contribution is 8.00. The van der Waals surface area contributed by atoms with Crippen LogP contribution in [0.1, 0.15) is 25.8 Å². The van der Waals surface area contributed by atoms with E-state index in [1.54, 1.807) is 25.6 Å². The fourth-order valence-electron chi connectivity index (χ4n) is 2.87. The van der Waals surface area contributed by atoms with E-state index in [0.29, 0.717) is 17.5 Å². The van der Waals surface area contributed by atoms with Crippen LogP contribution in [0.2, 0.25) is 0 Å². The minimum absolute atomic E-state index is 0.0912. The molecule has 1 amide bonds. The first-order valence-electron chi connectivity index (χ1n) is 9.12. The Bertz CT molecular complexity index is 972. The Balaban J connectivity index is 1.50. The number of nitrogens with zero attached hydrogens (tertiary/aromatic N) is 4. The van der Waals surface area contributed by atoms with Gasteiger partial charge in [0.1, 0.15) is 5.75 Å². The molecule has 0 bridgehead atoms. The zero-order valence-electron chi connectivity index (χ0n) is 15.7. The summed E-state index contributed by atoms with van der Waals surface area (Å²) in [6.07, 6.45) is 5.73. The summed E-state index contributed by atoms with van der Waals surface area (Å²) >= 11 is 1.42. The van der Waals surface area contributed by atoms with E-state index < -0.39 is 0 Å². The number of hydrogen-bond acceptors (Lipinski definition) is 6. The van der Waals surface area contributed by atoms with Crippen molar-refractivity contribution in [3.63, 3.8) is 0 Å². The maximum Gasteiger partial charge on any atom is 0.237 e. The molecular weight excluding hydrogens is 374 g/mol. The first-order valence-corrected chi connectivity index (χ1v) is 10.0. The molecule has 0 saturated heterocycles. The third-order valence-electron chi connectivity index (χ3n) is 4.48. The lowest BCUT2D eigenvalue weighted by Gasteiger charge is -2.13. The first kappa shape index (κ1) is 18.5. The molecule has 28 heavy (non-hydrogen) atoms. The lowest BCUT2D eigenvalue weighted by Crippen LogP contribution is -2.23. The van der Waals surface area contributed by atoms with Crippen LogP contribution in [-0.4, -0.2) is 38.0 Å². The molecule has 1 aliphatic carbocycles. The van der Waals surface area contributed by atoms with Crippen LogP contribution in [0.25, 0.3) is 11.4 Å². The van der Waals surface area contributed by atoms with Crippen LogP contribution < -0.4 is 10.1 Å². The molecule has 144 valence electrons. The van der Waals surface area contributed by atoms with Crippen molar-refractivity contribution < 1.29 is 9.53 Å². The number of thioether (sulfide) groups is 1. The molecule has 1 aliphatic rings. The zero-order valence-corrected chi connectivity index (χ0v) is 16.5. The number of aromatic nitrogens is 4. The fourth-order valence-corrected chi connectivity index (χ4v) is 3.79. The van der Waals surface area contributed by atoms with E-state index in [1.807, 2.05) is 37.3 Å². The molecule has 1 aromatic carbocycles. The van der Waals surface area contributed by atoms with Crippen molar-refractivity contribution in [2.45, 2.75) is 36.2 Å². The van der Waals surface area contributed by atoms with E-state index in [1.165, 1.54) is 11.8 Å². The number of anilines is 1. The van der Waals surface area contributed by atoms with Gasteiger partial charge in [0, 0.05) is 35.8 Å². The number of carbonyl (C=O) groups excluding carboxylic acids is 1. The highest BCUT2D eigenvalue weighted by atomic mass is 32.2. The number of hydrogen-bond donors (Lipinski definition) is 1. The molecule has 1 saturated carbocycles. The van der Waals surface area contributed by atoms with Gasteiger partial charge in [-0.2, -0.15) is 0 Å². The van der Waals surface area contributed by atoms with E-state index in [4.69, 9.17) is 4.74 Å². The van der Waals surface area contributed by atoms with Gasteiger partial charge in [-0.05, 0) is 44.0 Å². The van der Waals surface area contributed by atoms with E-state index in [-0.39, 0.29) is 11.2 Å². The number of carbonyl (C=O) groups is 1. The van der Waals surface area contributed by atoms with Crippen molar-refractivity contribution in [3.8, 4) is 17.1 Å². The van der Waals surface area contributed by atoms with Gasteiger partial charge in [0.2, 0.25) is 5.91 Å². The van der Waals surface area contributed by atoms with Crippen molar-refractivity contribution in [1.29, 1.82) is 0 Å². The van der Waals surface area contributed by atoms with Gasteiger partial charge in [0.15, 0.2) is 11.0 Å². The molecule has 2 heterocycles. The second-order valence-electron chi connectivity index (χ2n) is 6.63. The van der Waals surface area contributed by atoms with Gasteiger partial charge in [0.05, 0.1) is 12.4 Å². The maximum atomic E-state index is 12.6. The van der Waals surface area contributed by atoms with Crippen molar-refractivity contribution in [1.82, 2.24) is 19.7 Å². The Labute approximate surface area is 167 Å². The minimum Gasteiger partial charge on any atom is -0.497 e. The minimum atomic E-state index is -0.324. The summed E-state index contributed by atoms with van der Waals surface area (Å²) in [5.74, 6) is 1.41. The lowest BCUT2D eigenvalue weighted by molar-refractivity contribution is -0.115. The SMILES string of the molecule is COc1cccc(NC(=O)[C@@H](C)Sc2nnc(-c3cccnc3)n2C2CC2)c1. The van der Waals surface area contributed by atoms with Gasteiger partial charge in [0.25, 0.3) is 0 Å². The Morgan fingerprint density at radius 3 is 2.86 bits per heavy atom. The van der Waals surface area contributed by atoms with Crippen molar-refractivity contribution in [2.24, 2.45) is 0 Å². The normalized spacial score (nSPS) is 14.5. The maximum absolute atomic E-state index is 12.6. The molecule has 3 aromatic rings. The predicted molar refractivity (Wildman–Crippen MR) is 108 cm³/mol. The van der Waals surface area contributed by atoms with Crippen LogP contribution in [0.5, 0.6) is 5.75 Å². The summed E-state index contributed by atoms with van der Waals surface area (Å²) in [6.45, 7) is 1.87. The quantitative estimate of drug-likeness (QED) is 0.613. The smallest absolute Gasteiger partial charge is 0.237 e. The summed E-state index contributed by atoms with van der Waals surface area (Å²) in [5, 5.41) is 12.1. The third-order valence-corrected chi connectivity index (χ3v) is 5.54. The number of amides is 1. The van der Waals surface area contributed by atoms with Gasteiger partial charge >= 0.3 is 0 Å². The zero-order chi connectivity index (χ0) is 19.5. The first-order chi connectivity index (χ1) is 13.7. The van der Waals surface area contributed by atoms with Gasteiger partial charge in [-0.1, -0.05) is 17.8 Å². The van der Waals surface area contributed by atoms with Crippen LogP contribution in [0.4, 0.5) is 5.69 Å². The Morgan fingerprint density at radius 2 is 2.14 bits per heavy atom. The summed E-state index contributed by atoms with van der Waals surface area (Å²) in [7, 11) is 1.60. The molecule has 1 atom stereocenters. The average Bonchev–Trinajstić information content (AvgIpc) is 3.48. The predicted octanol–water partition coefficient (Wildman–Crippen LogP) is 3.80. The molecule has 0 radical (unpaired) electrons. The third kappa shape index (κ3) is 4.01. The van der Waals surface area contributed by atoms with E-state index in [2.05, 4.69) is 25.1 Å². The molecule has 0 aliphatic heterocycles. The average molecular weight is 395 g/mol. The van der Waals surface area contributed by atoms with Crippen LogP contribution >= 0.6 is 11.8 Å². The van der Waals surface area contributed by atoms with E-state index in [0.717, 1.165) is 29.4 Å². The molecule has 8 heteroatoms. The van der Waals surface area contributed by atoms with E-state index >= 15 is 0 Å². The second kappa shape index (κ2) is 8.02. The Hall–Kier alpha value is -2.87. The molecule has 1 N–H and O–H groups in total. The van der Waals surface area contributed by atoms with Crippen LogP contribution in [0, 0.1) is 0 Å². The molecule has 1 fully saturated rings. The van der Waals surface area contributed by atoms with Gasteiger partial charge < -0.3 is 10.1 Å². The highest BCUT2D eigenvalue weighted by Gasteiger charge is 2.31. The summed E-state index contributed by atoms with van der Waals surface area (Å²) in [6, 6.07) is 11.6. The standard InChI is InChI=1S/C20H21N5O2S/c1-13(19(26)22-15-6-3-7-17(11-15)27-2)28-20-24-23-18(25(20)16-8-9-16)14-5-4-10-21-12-14/h3-7,10-13,16H,8-9H2,1-2H3,(H,22,26)/t13-/m1/s1. The monoisotopic (exact) mass is 395 g/mol. The van der Waals surface area contributed by atoms with Gasteiger partial charge in [-0.3, -0.25) is 14.3 Å². The largest absolute Gasteiger partial charge is 0.497 e. The summed E-state index contributed by atoms with van der Waals surface area (Å²) in [5.41, 5.74) is 1.64. The highest BCUT2D eigenvalue weighted by Crippen LogP contribution is 2.41.